The van der Waals surface area contributed by atoms with Crippen LogP contribution in [-0.4, -0.2) is 73.0 Å². The van der Waals surface area contributed by atoms with Gasteiger partial charge in [0.2, 0.25) is 6.79 Å². The van der Waals surface area contributed by atoms with Gasteiger partial charge in [0.25, 0.3) is 0 Å². The van der Waals surface area contributed by atoms with Crippen LogP contribution in [0, 0.1) is 0 Å². The highest BCUT2D eigenvalue weighted by Crippen LogP contribution is 2.40. The van der Waals surface area contributed by atoms with Crippen LogP contribution in [0.1, 0.15) is 24.8 Å². The minimum absolute atomic E-state index is 0. The molecular formula is C21H34IN3O5. The van der Waals surface area contributed by atoms with Gasteiger partial charge >= 0.3 is 0 Å². The SMILES string of the molecule is CN=C(NCCCOCCOC)NCC1(c2ccc3c(c2)OCO3)CCOCC1.I. The van der Waals surface area contributed by atoms with Gasteiger partial charge in [-0.25, -0.2) is 0 Å². The van der Waals surface area contributed by atoms with E-state index in [2.05, 4.69) is 27.8 Å². The van der Waals surface area contributed by atoms with Crippen molar-refractivity contribution in [2.24, 2.45) is 4.99 Å². The van der Waals surface area contributed by atoms with Crippen molar-refractivity contribution >= 4 is 29.9 Å². The van der Waals surface area contributed by atoms with Crippen molar-refractivity contribution in [2.75, 3.05) is 67.1 Å². The van der Waals surface area contributed by atoms with E-state index in [0.29, 0.717) is 26.6 Å². The van der Waals surface area contributed by atoms with Gasteiger partial charge in [-0.05, 0) is 37.0 Å². The summed E-state index contributed by atoms with van der Waals surface area (Å²) >= 11 is 0. The highest BCUT2D eigenvalue weighted by atomic mass is 127. The molecule has 1 fully saturated rings. The summed E-state index contributed by atoms with van der Waals surface area (Å²) < 4.78 is 27.2. The Hall–Kier alpha value is -1.30. The molecule has 1 aromatic carbocycles. The summed E-state index contributed by atoms with van der Waals surface area (Å²) in [6.07, 6.45) is 2.81. The first kappa shape index (κ1) is 25.0. The molecule has 170 valence electrons. The Morgan fingerprint density at radius 1 is 1.10 bits per heavy atom. The van der Waals surface area contributed by atoms with Gasteiger partial charge in [0.15, 0.2) is 17.5 Å². The average Bonchev–Trinajstić information content (AvgIpc) is 3.24. The number of ether oxygens (including phenoxy) is 5. The molecule has 2 aliphatic heterocycles. The van der Waals surface area contributed by atoms with E-state index in [1.807, 2.05) is 6.07 Å². The third kappa shape index (κ3) is 6.86. The second-order valence-electron chi connectivity index (χ2n) is 7.27. The number of rotatable bonds is 10. The molecule has 1 aromatic rings. The van der Waals surface area contributed by atoms with Crippen LogP contribution < -0.4 is 20.1 Å². The molecule has 0 amide bonds. The Labute approximate surface area is 196 Å². The maximum absolute atomic E-state index is 5.64. The normalized spacial score (nSPS) is 17.3. The average molecular weight is 535 g/mol. The van der Waals surface area contributed by atoms with E-state index in [-0.39, 0.29) is 29.4 Å². The van der Waals surface area contributed by atoms with E-state index in [1.54, 1.807) is 14.2 Å². The molecule has 9 heteroatoms. The highest BCUT2D eigenvalue weighted by Gasteiger charge is 2.35. The maximum atomic E-state index is 5.64. The molecule has 2 N–H and O–H groups in total. The Kier molecular flexibility index (Phi) is 11.0. The first-order valence-corrected chi connectivity index (χ1v) is 10.3. The number of nitrogens with zero attached hydrogens (tertiary/aromatic N) is 1. The maximum Gasteiger partial charge on any atom is 0.231 e. The van der Waals surface area contributed by atoms with E-state index in [0.717, 1.165) is 63.0 Å². The fourth-order valence-corrected chi connectivity index (χ4v) is 3.65. The van der Waals surface area contributed by atoms with Gasteiger partial charge in [-0.15, -0.1) is 24.0 Å². The number of methoxy groups -OCH3 is 1. The second kappa shape index (κ2) is 13.2. The fraction of sp³-hybridized carbons (Fsp3) is 0.667. The van der Waals surface area contributed by atoms with Crippen LogP contribution in [0.2, 0.25) is 0 Å². The minimum atomic E-state index is -0.0277. The molecule has 0 aromatic heterocycles. The standard InChI is InChI=1S/C21H33N3O5.HI/c1-22-20(23-8-3-9-26-13-12-25-2)24-15-21(6-10-27-11-7-21)17-4-5-18-19(14-17)29-16-28-18;/h4-5,14H,3,6-13,15-16H2,1-2H3,(H2,22,23,24);1H. The van der Waals surface area contributed by atoms with Gasteiger partial charge < -0.3 is 34.3 Å². The van der Waals surface area contributed by atoms with Crippen LogP contribution in [0.15, 0.2) is 23.2 Å². The monoisotopic (exact) mass is 535 g/mol. The van der Waals surface area contributed by atoms with Crippen LogP contribution in [0.4, 0.5) is 0 Å². The third-order valence-electron chi connectivity index (χ3n) is 5.44. The van der Waals surface area contributed by atoms with Gasteiger partial charge in [-0.3, -0.25) is 4.99 Å². The van der Waals surface area contributed by atoms with E-state index >= 15 is 0 Å². The molecule has 1 saturated heterocycles. The number of nitrogens with one attached hydrogen (secondary N) is 2. The summed E-state index contributed by atoms with van der Waals surface area (Å²) in [5, 5.41) is 6.87. The van der Waals surface area contributed by atoms with E-state index in [9.17, 15) is 0 Å². The molecule has 2 aliphatic rings. The zero-order chi connectivity index (χ0) is 20.4. The number of halogens is 1. The van der Waals surface area contributed by atoms with Crippen LogP contribution in [0.25, 0.3) is 0 Å². The summed E-state index contributed by atoms with van der Waals surface area (Å²) in [5.41, 5.74) is 1.22. The second-order valence-corrected chi connectivity index (χ2v) is 7.27. The van der Waals surface area contributed by atoms with Crippen molar-refractivity contribution in [1.29, 1.82) is 0 Å². The molecule has 0 unspecified atom stereocenters. The Bertz CT molecular complexity index is 668. The number of hydrogen-bond donors (Lipinski definition) is 2. The summed E-state index contributed by atoms with van der Waals surface area (Å²) in [6.45, 7) is 5.32. The van der Waals surface area contributed by atoms with Crippen LogP contribution in [0.5, 0.6) is 11.5 Å². The predicted octanol–water partition coefficient (Wildman–Crippen LogP) is 2.30. The number of guanidine groups is 1. The van der Waals surface area contributed by atoms with Crippen molar-refractivity contribution in [3.05, 3.63) is 23.8 Å². The summed E-state index contributed by atoms with van der Waals surface area (Å²) in [6, 6.07) is 6.27. The van der Waals surface area contributed by atoms with Crippen LogP contribution in [-0.2, 0) is 19.6 Å². The Morgan fingerprint density at radius 2 is 1.90 bits per heavy atom. The Morgan fingerprint density at radius 3 is 2.67 bits per heavy atom. The van der Waals surface area contributed by atoms with Crippen LogP contribution in [0.3, 0.4) is 0 Å². The Balaban J connectivity index is 0.00000320. The molecule has 2 heterocycles. The summed E-state index contributed by atoms with van der Waals surface area (Å²) in [7, 11) is 3.47. The van der Waals surface area contributed by atoms with E-state index in [1.165, 1.54) is 5.56 Å². The first-order chi connectivity index (χ1) is 14.3. The number of aliphatic imine (C=N–C) groups is 1. The van der Waals surface area contributed by atoms with Gasteiger partial charge in [0.1, 0.15) is 0 Å². The predicted molar refractivity (Wildman–Crippen MR) is 126 cm³/mol. The van der Waals surface area contributed by atoms with Crippen molar-refractivity contribution in [3.63, 3.8) is 0 Å². The number of hydrogen-bond acceptors (Lipinski definition) is 6. The molecule has 3 rings (SSSR count). The molecule has 8 nitrogen and oxygen atoms in total. The molecule has 0 saturated carbocycles. The molecule has 0 bridgehead atoms. The summed E-state index contributed by atoms with van der Waals surface area (Å²) in [4.78, 5) is 4.36. The number of benzene rings is 1. The minimum Gasteiger partial charge on any atom is -0.454 e. The zero-order valence-electron chi connectivity index (χ0n) is 17.9. The lowest BCUT2D eigenvalue weighted by Gasteiger charge is -2.38. The topological polar surface area (TPSA) is 82.6 Å². The van der Waals surface area contributed by atoms with Crippen LogP contribution >= 0.6 is 24.0 Å². The zero-order valence-corrected chi connectivity index (χ0v) is 20.2. The van der Waals surface area contributed by atoms with Gasteiger partial charge in [-0.1, -0.05) is 6.07 Å². The van der Waals surface area contributed by atoms with Gasteiger partial charge in [0, 0.05) is 52.5 Å². The molecule has 0 aliphatic carbocycles. The lowest BCUT2D eigenvalue weighted by Crippen LogP contribution is -2.48. The van der Waals surface area contributed by atoms with Crippen molar-refractivity contribution in [1.82, 2.24) is 10.6 Å². The fourth-order valence-electron chi connectivity index (χ4n) is 3.65. The molecule has 0 spiro atoms. The molecule has 0 radical (unpaired) electrons. The van der Waals surface area contributed by atoms with Crippen molar-refractivity contribution in [2.45, 2.75) is 24.7 Å². The highest BCUT2D eigenvalue weighted by molar-refractivity contribution is 14.0. The van der Waals surface area contributed by atoms with Gasteiger partial charge in [0.05, 0.1) is 13.2 Å². The van der Waals surface area contributed by atoms with Crippen molar-refractivity contribution in [3.8, 4) is 11.5 Å². The van der Waals surface area contributed by atoms with E-state index in [4.69, 9.17) is 23.7 Å². The molecule has 0 atom stereocenters. The number of fused-ring (bicyclic) bond motifs is 1. The lowest BCUT2D eigenvalue weighted by molar-refractivity contribution is 0.0513. The smallest absolute Gasteiger partial charge is 0.231 e. The van der Waals surface area contributed by atoms with Crippen molar-refractivity contribution < 1.29 is 23.7 Å². The first-order valence-electron chi connectivity index (χ1n) is 10.3. The molecular weight excluding hydrogens is 501 g/mol. The third-order valence-corrected chi connectivity index (χ3v) is 5.44. The van der Waals surface area contributed by atoms with Gasteiger partial charge in [-0.2, -0.15) is 0 Å². The summed E-state index contributed by atoms with van der Waals surface area (Å²) in [5.74, 6) is 2.44. The van der Waals surface area contributed by atoms with E-state index < -0.39 is 0 Å². The quantitative estimate of drug-likeness (QED) is 0.206. The lowest BCUT2D eigenvalue weighted by atomic mass is 9.74. The largest absolute Gasteiger partial charge is 0.454 e. The molecule has 30 heavy (non-hydrogen) atoms.